The number of anilines is 2. The molecule has 0 fully saturated rings. The second-order valence-corrected chi connectivity index (χ2v) is 5.32. The highest BCUT2D eigenvalue weighted by Gasteiger charge is 2.07. The third-order valence-electron chi connectivity index (χ3n) is 3.47. The molecule has 0 unspecified atom stereocenters. The Bertz CT molecular complexity index is 676. The van der Waals surface area contributed by atoms with Crippen molar-refractivity contribution >= 4 is 17.3 Å². The fraction of sp³-hybridized carbons (Fsp3) is 0.278. The van der Waals surface area contributed by atoms with Crippen LogP contribution >= 0.6 is 0 Å². The SMILES string of the molecule is COc1cc(NC(=O)CNc2cc(C)ccc2C)cc(OC)c1. The number of carbonyl (C=O) groups excluding carboxylic acids is 1. The molecule has 5 nitrogen and oxygen atoms in total. The van der Waals surface area contributed by atoms with Crippen LogP contribution in [0.2, 0.25) is 0 Å². The van der Waals surface area contributed by atoms with Crippen LogP contribution in [0.15, 0.2) is 36.4 Å². The normalized spacial score (nSPS) is 10.1. The van der Waals surface area contributed by atoms with Gasteiger partial charge in [-0.3, -0.25) is 4.79 Å². The molecule has 0 aliphatic heterocycles. The number of nitrogens with one attached hydrogen (secondary N) is 2. The van der Waals surface area contributed by atoms with Gasteiger partial charge >= 0.3 is 0 Å². The first-order valence-electron chi connectivity index (χ1n) is 7.36. The summed E-state index contributed by atoms with van der Waals surface area (Å²) in [6.45, 7) is 4.21. The molecule has 0 radical (unpaired) electrons. The van der Waals surface area contributed by atoms with Gasteiger partial charge in [0.2, 0.25) is 5.91 Å². The standard InChI is InChI=1S/C18H22N2O3/c1-12-5-6-13(2)17(7-12)19-11-18(21)20-14-8-15(22-3)10-16(9-14)23-4/h5-10,19H,11H2,1-4H3,(H,20,21). The molecule has 23 heavy (non-hydrogen) atoms. The van der Waals surface area contributed by atoms with Crippen molar-refractivity contribution < 1.29 is 14.3 Å². The van der Waals surface area contributed by atoms with E-state index >= 15 is 0 Å². The van der Waals surface area contributed by atoms with Gasteiger partial charge in [-0.15, -0.1) is 0 Å². The Balaban J connectivity index is 2.01. The Morgan fingerprint density at radius 3 is 2.26 bits per heavy atom. The van der Waals surface area contributed by atoms with Crippen LogP contribution in [0.1, 0.15) is 11.1 Å². The summed E-state index contributed by atoms with van der Waals surface area (Å²) in [5.41, 5.74) is 3.85. The summed E-state index contributed by atoms with van der Waals surface area (Å²) >= 11 is 0. The predicted octanol–water partition coefficient (Wildman–Crippen LogP) is 3.37. The summed E-state index contributed by atoms with van der Waals surface area (Å²) in [4.78, 5) is 12.1. The van der Waals surface area contributed by atoms with E-state index in [9.17, 15) is 4.79 Å². The van der Waals surface area contributed by atoms with Crippen molar-refractivity contribution in [3.8, 4) is 11.5 Å². The van der Waals surface area contributed by atoms with E-state index in [-0.39, 0.29) is 12.5 Å². The molecule has 2 aromatic rings. The zero-order chi connectivity index (χ0) is 16.8. The lowest BCUT2D eigenvalue weighted by atomic mass is 10.1. The fourth-order valence-corrected chi connectivity index (χ4v) is 2.19. The van der Waals surface area contributed by atoms with Gasteiger partial charge in [0, 0.05) is 29.6 Å². The molecule has 0 aliphatic carbocycles. The zero-order valence-electron chi connectivity index (χ0n) is 13.9. The first-order valence-corrected chi connectivity index (χ1v) is 7.36. The molecule has 0 atom stereocenters. The highest BCUT2D eigenvalue weighted by molar-refractivity contribution is 5.94. The van der Waals surface area contributed by atoms with Crippen LogP contribution in [-0.4, -0.2) is 26.7 Å². The Labute approximate surface area is 136 Å². The number of aryl methyl sites for hydroxylation is 2. The van der Waals surface area contributed by atoms with Crippen LogP contribution in [0, 0.1) is 13.8 Å². The van der Waals surface area contributed by atoms with Crippen molar-refractivity contribution in [2.24, 2.45) is 0 Å². The van der Waals surface area contributed by atoms with Gasteiger partial charge in [0.1, 0.15) is 11.5 Å². The predicted molar refractivity (Wildman–Crippen MR) is 92.6 cm³/mol. The lowest BCUT2D eigenvalue weighted by Crippen LogP contribution is -2.22. The van der Waals surface area contributed by atoms with Gasteiger partial charge in [-0.25, -0.2) is 0 Å². The summed E-state index contributed by atoms with van der Waals surface area (Å²) in [5.74, 6) is 1.12. The largest absolute Gasteiger partial charge is 0.497 e. The van der Waals surface area contributed by atoms with Crippen molar-refractivity contribution in [3.63, 3.8) is 0 Å². The molecule has 0 aliphatic rings. The number of hydrogen-bond donors (Lipinski definition) is 2. The van der Waals surface area contributed by atoms with Gasteiger partial charge in [0.25, 0.3) is 0 Å². The van der Waals surface area contributed by atoms with Gasteiger partial charge in [-0.05, 0) is 31.0 Å². The van der Waals surface area contributed by atoms with Gasteiger partial charge < -0.3 is 20.1 Å². The van der Waals surface area contributed by atoms with E-state index in [0.717, 1.165) is 16.8 Å². The second kappa shape index (κ2) is 7.54. The maximum Gasteiger partial charge on any atom is 0.243 e. The van der Waals surface area contributed by atoms with Crippen molar-refractivity contribution in [1.29, 1.82) is 0 Å². The molecule has 0 saturated heterocycles. The molecule has 0 bridgehead atoms. The van der Waals surface area contributed by atoms with Crippen LogP contribution in [0.3, 0.4) is 0 Å². The fourth-order valence-electron chi connectivity index (χ4n) is 2.19. The number of ether oxygens (including phenoxy) is 2. The highest BCUT2D eigenvalue weighted by atomic mass is 16.5. The van der Waals surface area contributed by atoms with E-state index < -0.39 is 0 Å². The van der Waals surface area contributed by atoms with E-state index in [0.29, 0.717) is 17.2 Å². The number of amides is 1. The van der Waals surface area contributed by atoms with Crippen LogP contribution in [-0.2, 0) is 4.79 Å². The molecule has 5 heteroatoms. The van der Waals surface area contributed by atoms with Crippen LogP contribution in [0.5, 0.6) is 11.5 Å². The van der Waals surface area contributed by atoms with E-state index in [2.05, 4.69) is 10.6 Å². The maximum atomic E-state index is 12.1. The van der Waals surface area contributed by atoms with E-state index in [1.54, 1.807) is 32.4 Å². The molecule has 0 spiro atoms. The van der Waals surface area contributed by atoms with Gasteiger partial charge in [-0.1, -0.05) is 12.1 Å². The van der Waals surface area contributed by atoms with Crippen LogP contribution < -0.4 is 20.1 Å². The molecule has 2 aromatic carbocycles. The summed E-state index contributed by atoms with van der Waals surface area (Å²) in [6, 6.07) is 11.4. The van der Waals surface area contributed by atoms with E-state index in [4.69, 9.17) is 9.47 Å². The highest BCUT2D eigenvalue weighted by Crippen LogP contribution is 2.25. The maximum absolute atomic E-state index is 12.1. The monoisotopic (exact) mass is 314 g/mol. The average Bonchev–Trinajstić information content (AvgIpc) is 2.55. The van der Waals surface area contributed by atoms with Gasteiger partial charge in [0.05, 0.1) is 20.8 Å². The molecular formula is C18H22N2O3. The Kier molecular flexibility index (Phi) is 5.46. The summed E-state index contributed by atoms with van der Waals surface area (Å²) < 4.78 is 10.4. The molecular weight excluding hydrogens is 292 g/mol. The number of rotatable bonds is 6. The smallest absolute Gasteiger partial charge is 0.243 e. The lowest BCUT2D eigenvalue weighted by molar-refractivity contribution is -0.114. The summed E-state index contributed by atoms with van der Waals surface area (Å²) in [5, 5.41) is 5.99. The van der Waals surface area contributed by atoms with Crippen LogP contribution in [0.4, 0.5) is 11.4 Å². The van der Waals surface area contributed by atoms with Crippen molar-refractivity contribution in [3.05, 3.63) is 47.5 Å². The minimum absolute atomic E-state index is 0.138. The molecule has 2 N–H and O–H groups in total. The first-order chi connectivity index (χ1) is 11.0. The van der Waals surface area contributed by atoms with E-state index in [1.165, 1.54) is 0 Å². The van der Waals surface area contributed by atoms with Crippen molar-refractivity contribution in [2.45, 2.75) is 13.8 Å². The number of carbonyl (C=O) groups is 1. The topological polar surface area (TPSA) is 59.6 Å². The van der Waals surface area contributed by atoms with E-state index in [1.807, 2.05) is 32.0 Å². The van der Waals surface area contributed by atoms with Crippen LogP contribution in [0.25, 0.3) is 0 Å². The van der Waals surface area contributed by atoms with Gasteiger partial charge in [0.15, 0.2) is 0 Å². The first kappa shape index (κ1) is 16.7. The number of hydrogen-bond acceptors (Lipinski definition) is 4. The molecule has 0 aromatic heterocycles. The second-order valence-electron chi connectivity index (χ2n) is 5.32. The third kappa shape index (κ3) is 4.64. The molecule has 1 amide bonds. The molecule has 0 heterocycles. The van der Waals surface area contributed by atoms with Crippen molar-refractivity contribution in [2.75, 3.05) is 31.4 Å². The minimum Gasteiger partial charge on any atom is -0.497 e. The van der Waals surface area contributed by atoms with Crippen molar-refractivity contribution in [1.82, 2.24) is 0 Å². The molecule has 2 rings (SSSR count). The average molecular weight is 314 g/mol. The summed E-state index contributed by atoms with van der Waals surface area (Å²) in [7, 11) is 3.14. The van der Waals surface area contributed by atoms with Gasteiger partial charge in [-0.2, -0.15) is 0 Å². The Morgan fingerprint density at radius 2 is 1.65 bits per heavy atom. The summed E-state index contributed by atoms with van der Waals surface area (Å²) in [6.07, 6.45) is 0. The Morgan fingerprint density at radius 1 is 1.00 bits per heavy atom. The third-order valence-corrected chi connectivity index (χ3v) is 3.47. The Hall–Kier alpha value is -2.69. The quantitative estimate of drug-likeness (QED) is 0.858. The zero-order valence-corrected chi connectivity index (χ0v) is 13.9. The number of methoxy groups -OCH3 is 2. The molecule has 0 saturated carbocycles. The molecule has 122 valence electrons. The lowest BCUT2D eigenvalue weighted by Gasteiger charge is -2.12. The number of benzene rings is 2. The minimum atomic E-state index is -0.138.